The molecule has 1 N–H and O–H groups in total. The first-order valence-corrected chi connectivity index (χ1v) is 6.71. The molecule has 0 saturated carbocycles. The fraction of sp³-hybridized carbons (Fsp3) is 0.143. The first-order valence-electron chi connectivity index (χ1n) is 5.92. The van der Waals surface area contributed by atoms with Crippen molar-refractivity contribution in [2.45, 2.75) is 12.7 Å². The Morgan fingerprint density at radius 2 is 1.86 bits per heavy atom. The molecule has 1 aromatic heterocycles. The highest BCUT2D eigenvalue weighted by atomic mass is 79.9. The molecule has 0 bridgehead atoms. The van der Waals surface area contributed by atoms with E-state index in [1.807, 2.05) is 0 Å². The second kappa shape index (κ2) is 6.26. The van der Waals surface area contributed by atoms with Crippen molar-refractivity contribution in [2.24, 2.45) is 0 Å². The Kier molecular flexibility index (Phi) is 4.62. The molecule has 1 amide bonds. The summed E-state index contributed by atoms with van der Waals surface area (Å²) in [4.78, 5) is 15.8. The van der Waals surface area contributed by atoms with Crippen LogP contribution in [0.25, 0.3) is 0 Å². The monoisotopic (exact) mass is 358 g/mol. The molecule has 2 aromatic rings. The lowest BCUT2D eigenvalue weighted by molar-refractivity contribution is -0.137. The fourth-order valence-electron chi connectivity index (χ4n) is 1.65. The van der Waals surface area contributed by atoms with E-state index in [0.29, 0.717) is 4.47 Å². The molecule has 0 radical (unpaired) electrons. The van der Waals surface area contributed by atoms with Crippen molar-refractivity contribution in [1.82, 2.24) is 10.3 Å². The molecule has 0 unspecified atom stereocenters. The van der Waals surface area contributed by atoms with Gasteiger partial charge in [-0.05, 0) is 51.8 Å². The predicted octanol–water partition coefficient (Wildman–Crippen LogP) is 3.79. The third-order valence-electron chi connectivity index (χ3n) is 2.74. The molecule has 0 aliphatic rings. The number of carbonyl (C=O) groups is 1. The lowest BCUT2D eigenvalue weighted by Gasteiger charge is -2.11. The number of amides is 1. The topological polar surface area (TPSA) is 42.0 Å². The van der Waals surface area contributed by atoms with Crippen LogP contribution in [0.3, 0.4) is 0 Å². The van der Waals surface area contributed by atoms with Crippen LogP contribution in [-0.2, 0) is 12.7 Å². The van der Waals surface area contributed by atoms with Crippen molar-refractivity contribution in [3.63, 3.8) is 0 Å². The largest absolute Gasteiger partial charge is 0.416 e. The van der Waals surface area contributed by atoms with Crippen LogP contribution in [-0.4, -0.2) is 10.9 Å². The Hall–Kier alpha value is -1.89. The van der Waals surface area contributed by atoms with Crippen molar-refractivity contribution in [2.75, 3.05) is 0 Å². The van der Waals surface area contributed by atoms with Crippen LogP contribution < -0.4 is 5.32 Å². The average Bonchev–Trinajstić information content (AvgIpc) is 2.45. The number of halogens is 4. The van der Waals surface area contributed by atoms with E-state index < -0.39 is 17.6 Å². The summed E-state index contributed by atoms with van der Waals surface area (Å²) < 4.78 is 38.3. The highest BCUT2D eigenvalue weighted by Crippen LogP contribution is 2.31. The number of aromatic nitrogens is 1. The number of benzene rings is 1. The Balaban J connectivity index is 2.15. The summed E-state index contributed by atoms with van der Waals surface area (Å²) in [5.41, 5.74) is -0.111. The van der Waals surface area contributed by atoms with Crippen molar-refractivity contribution >= 4 is 21.8 Å². The van der Waals surface area contributed by atoms with Crippen LogP contribution in [0.15, 0.2) is 47.2 Å². The van der Waals surface area contributed by atoms with Gasteiger partial charge in [-0.3, -0.25) is 9.78 Å². The molecule has 0 aliphatic heterocycles. The number of alkyl halides is 3. The molecule has 0 atom stereocenters. The number of carbonyl (C=O) groups excluding carboxylic acids is 1. The van der Waals surface area contributed by atoms with Crippen LogP contribution in [0.2, 0.25) is 0 Å². The van der Waals surface area contributed by atoms with E-state index in [1.165, 1.54) is 6.07 Å². The maximum atomic E-state index is 12.7. The molecule has 0 saturated heterocycles. The summed E-state index contributed by atoms with van der Waals surface area (Å²) >= 11 is 3.09. The normalized spacial score (nSPS) is 11.2. The number of hydrogen-bond acceptors (Lipinski definition) is 2. The van der Waals surface area contributed by atoms with Gasteiger partial charge in [0.2, 0.25) is 0 Å². The van der Waals surface area contributed by atoms with Gasteiger partial charge >= 0.3 is 6.18 Å². The molecule has 0 fully saturated rings. The molecule has 2 rings (SSSR count). The zero-order chi connectivity index (χ0) is 15.5. The first-order chi connectivity index (χ1) is 9.88. The summed E-state index contributed by atoms with van der Waals surface area (Å²) in [5.74, 6) is -0.579. The molecule has 21 heavy (non-hydrogen) atoms. The lowest BCUT2D eigenvalue weighted by Crippen LogP contribution is -2.23. The lowest BCUT2D eigenvalue weighted by atomic mass is 10.1. The minimum absolute atomic E-state index is 0.0566. The average molecular weight is 359 g/mol. The van der Waals surface area contributed by atoms with E-state index in [1.54, 1.807) is 24.5 Å². The van der Waals surface area contributed by atoms with E-state index in [2.05, 4.69) is 26.2 Å². The Labute approximate surface area is 127 Å². The number of hydrogen-bond donors (Lipinski definition) is 1. The molecule has 1 aromatic carbocycles. The molecule has 0 spiro atoms. The number of nitrogens with zero attached hydrogens (tertiary/aromatic N) is 1. The van der Waals surface area contributed by atoms with Gasteiger partial charge < -0.3 is 5.32 Å². The first kappa shape index (κ1) is 15.5. The van der Waals surface area contributed by atoms with Crippen molar-refractivity contribution in [1.29, 1.82) is 0 Å². The molecular formula is C14H10BrF3N2O. The molecule has 110 valence electrons. The fourth-order valence-corrected chi connectivity index (χ4v) is 2.08. The van der Waals surface area contributed by atoms with Gasteiger partial charge in [0.1, 0.15) is 0 Å². The maximum absolute atomic E-state index is 12.7. The van der Waals surface area contributed by atoms with Gasteiger partial charge in [0, 0.05) is 23.4 Å². The number of pyridine rings is 1. The van der Waals surface area contributed by atoms with Crippen molar-refractivity contribution < 1.29 is 18.0 Å². The zero-order valence-corrected chi connectivity index (χ0v) is 12.2. The molecule has 3 nitrogen and oxygen atoms in total. The highest BCUT2D eigenvalue weighted by Gasteiger charge is 2.31. The SMILES string of the molecule is O=C(NCc1ccncc1)c1cc(C(F)(F)F)ccc1Br. The Morgan fingerprint density at radius 3 is 2.48 bits per heavy atom. The minimum atomic E-state index is -4.49. The molecular weight excluding hydrogens is 349 g/mol. The minimum Gasteiger partial charge on any atom is -0.348 e. The summed E-state index contributed by atoms with van der Waals surface area (Å²) in [6.45, 7) is 0.212. The van der Waals surface area contributed by atoms with E-state index >= 15 is 0 Å². The highest BCUT2D eigenvalue weighted by molar-refractivity contribution is 9.10. The van der Waals surface area contributed by atoms with Crippen LogP contribution in [0, 0.1) is 0 Å². The summed E-state index contributed by atoms with van der Waals surface area (Å²) in [7, 11) is 0. The van der Waals surface area contributed by atoms with Crippen LogP contribution >= 0.6 is 15.9 Å². The van der Waals surface area contributed by atoms with Gasteiger partial charge in [-0.15, -0.1) is 0 Å². The van der Waals surface area contributed by atoms with Gasteiger partial charge in [-0.1, -0.05) is 0 Å². The molecule has 0 aliphatic carbocycles. The third-order valence-corrected chi connectivity index (χ3v) is 3.43. The van der Waals surface area contributed by atoms with E-state index in [-0.39, 0.29) is 12.1 Å². The Bertz CT molecular complexity index is 644. The third kappa shape index (κ3) is 4.04. The second-order valence-corrected chi connectivity index (χ2v) is 5.08. The van der Waals surface area contributed by atoms with Gasteiger partial charge in [0.05, 0.1) is 11.1 Å². The molecule has 7 heteroatoms. The molecule has 1 heterocycles. The summed E-state index contributed by atoms with van der Waals surface area (Å²) in [5, 5.41) is 2.57. The van der Waals surface area contributed by atoms with Gasteiger partial charge in [-0.25, -0.2) is 0 Å². The smallest absolute Gasteiger partial charge is 0.348 e. The summed E-state index contributed by atoms with van der Waals surface area (Å²) in [6, 6.07) is 6.38. The van der Waals surface area contributed by atoms with E-state index in [9.17, 15) is 18.0 Å². The van der Waals surface area contributed by atoms with E-state index in [0.717, 1.165) is 17.7 Å². The van der Waals surface area contributed by atoms with E-state index in [4.69, 9.17) is 0 Å². The zero-order valence-electron chi connectivity index (χ0n) is 10.6. The van der Waals surface area contributed by atoms with Gasteiger partial charge in [-0.2, -0.15) is 13.2 Å². The van der Waals surface area contributed by atoms with Gasteiger partial charge in [0.15, 0.2) is 0 Å². The quantitative estimate of drug-likeness (QED) is 0.906. The van der Waals surface area contributed by atoms with Crippen LogP contribution in [0.5, 0.6) is 0 Å². The predicted molar refractivity (Wildman–Crippen MR) is 74.6 cm³/mol. The van der Waals surface area contributed by atoms with Crippen molar-refractivity contribution in [3.05, 3.63) is 63.9 Å². The van der Waals surface area contributed by atoms with Crippen LogP contribution in [0.1, 0.15) is 21.5 Å². The van der Waals surface area contributed by atoms with Gasteiger partial charge in [0.25, 0.3) is 5.91 Å². The van der Waals surface area contributed by atoms with Crippen molar-refractivity contribution in [3.8, 4) is 0 Å². The number of nitrogens with one attached hydrogen (secondary N) is 1. The standard InChI is InChI=1S/C14H10BrF3N2O/c15-12-2-1-10(14(16,17)18)7-11(12)13(21)20-8-9-3-5-19-6-4-9/h1-7H,8H2,(H,20,21). The number of rotatable bonds is 3. The van der Waals surface area contributed by atoms with Crippen LogP contribution in [0.4, 0.5) is 13.2 Å². The summed E-state index contributed by atoms with van der Waals surface area (Å²) in [6.07, 6.45) is -1.34. The maximum Gasteiger partial charge on any atom is 0.416 e. The Morgan fingerprint density at radius 1 is 1.19 bits per heavy atom. The second-order valence-electron chi connectivity index (χ2n) is 4.23.